The van der Waals surface area contributed by atoms with E-state index in [2.05, 4.69) is 26.5 Å². The molecule has 0 amide bonds. The zero-order valence-electron chi connectivity index (χ0n) is 10.4. The van der Waals surface area contributed by atoms with Gasteiger partial charge in [0.2, 0.25) is 5.78 Å². The number of fused-ring (bicyclic) bond motifs is 1. The Bertz CT molecular complexity index is 713. The maximum Gasteiger partial charge on any atom is 0.212 e. The van der Waals surface area contributed by atoms with E-state index in [9.17, 15) is 9.90 Å². The van der Waals surface area contributed by atoms with Gasteiger partial charge in [-0.05, 0) is 23.8 Å². The van der Waals surface area contributed by atoms with Crippen molar-refractivity contribution in [3.05, 3.63) is 64.1 Å². The highest BCUT2D eigenvalue weighted by Gasteiger charge is 2.34. The summed E-state index contributed by atoms with van der Waals surface area (Å²) in [4.78, 5) is 12.2. The van der Waals surface area contributed by atoms with Crippen LogP contribution in [0.5, 0.6) is 0 Å². The molecule has 0 aromatic heterocycles. The molecule has 0 unspecified atom stereocenters. The van der Waals surface area contributed by atoms with E-state index in [1.807, 2.05) is 24.3 Å². The molecule has 100 valence electrons. The van der Waals surface area contributed by atoms with Crippen LogP contribution in [0.4, 0.5) is 5.69 Å². The summed E-state index contributed by atoms with van der Waals surface area (Å²) in [6.07, 6.45) is -0.974. The Hall–Kier alpha value is -1.98. The summed E-state index contributed by atoms with van der Waals surface area (Å²) < 4.78 is 0.907. The molecular weight excluding hydrogens is 320 g/mol. The highest BCUT2D eigenvalue weighted by Crippen LogP contribution is 2.29. The van der Waals surface area contributed by atoms with Gasteiger partial charge in [-0.1, -0.05) is 46.3 Å². The largest absolute Gasteiger partial charge is 0.382 e. The molecule has 1 aliphatic carbocycles. The molecule has 0 spiro atoms. The highest BCUT2D eigenvalue weighted by atomic mass is 79.9. The van der Waals surface area contributed by atoms with E-state index in [1.165, 1.54) is 0 Å². The van der Waals surface area contributed by atoms with Crippen LogP contribution in [-0.4, -0.2) is 16.6 Å². The number of nitrogens with zero attached hydrogens (tertiary/aromatic N) is 1. The summed E-state index contributed by atoms with van der Waals surface area (Å²) >= 11 is 3.36. The van der Waals surface area contributed by atoms with Gasteiger partial charge < -0.3 is 5.11 Å². The maximum absolute atomic E-state index is 12.2. The fraction of sp³-hybridized carbons (Fsp3) is 0.0667. The van der Waals surface area contributed by atoms with Crippen molar-refractivity contribution in [1.29, 1.82) is 0 Å². The van der Waals surface area contributed by atoms with Crippen LogP contribution in [-0.2, 0) is 0 Å². The van der Waals surface area contributed by atoms with Gasteiger partial charge in [-0.15, -0.1) is 0 Å². The molecule has 0 saturated carbocycles. The first-order valence-corrected chi connectivity index (χ1v) is 6.87. The fourth-order valence-corrected chi connectivity index (χ4v) is 2.55. The van der Waals surface area contributed by atoms with E-state index in [1.54, 1.807) is 24.3 Å². The van der Waals surface area contributed by atoms with E-state index in [0.717, 1.165) is 10.2 Å². The van der Waals surface area contributed by atoms with Gasteiger partial charge in [0, 0.05) is 10.0 Å². The summed E-state index contributed by atoms with van der Waals surface area (Å²) in [6.45, 7) is 0. The first-order chi connectivity index (χ1) is 9.66. The number of ketones is 1. The van der Waals surface area contributed by atoms with Gasteiger partial charge in [0.05, 0.1) is 5.69 Å². The molecule has 5 heteroatoms. The molecule has 0 heterocycles. The number of halogens is 1. The quantitative estimate of drug-likeness (QED) is 0.831. The summed E-state index contributed by atoms with van der Waals surface area (Å²) in [5.74, 6) is -0.240. The predicted octanol–water partition coefficient (Wildman–Crippen LogP) is 3.15. The van der Waals surface area contributed by atoms with Crippen LogP contribution in [0.2, 0.25) is 0 Å². The first-order valence-electron chi connectivity index (χ1n) is 6.07. The number of benzene rings is 2. The molecule has 20 heavy (non-hydrogen) atoms. The molecule has 0 aliphatic heterocycles. The second-order valence-electron chi connectivity index (χ2n) is 4.44. The van der Waals surface area contributed by atoms with Crippen LogP contribution in [0.25, 0.3) is 0 Å². The minimum Gasteiger partial charge on any atom is -0.382 e. The van der Waals surface area contributed by atoms with Crippen molar-refractivity contribution in [2.24, 2.45) is 5.10 Å². The van der Waals surface area contributed by atoms with Crippen molar-refractivity contribution in [2.75, 3.05) is 5.43 Å². The number of hydrogen-bond acceptors (Lipinski definition) is 4. The van der Waals surface area contributed by atoms with Gasteiger partial charge in [-0.2, -0.15) is 5.10 Å². The molecule has 2 aromatic carbocycles. The van der Waals surface area contributed by atoms with E-state index in [-0.39, 0.29) is 11.5 Å². The Balaban J connectivity index is 1.89. The molecule has 0 bridgehead atoms. The standard InChI is InChI=1S/C15H11BrN2O2/c16-9-4-3-5-10(8-9)17-18-13-14(19)11-6-1-2-7-12(11)15(13)20/h1-8,14,17,19H/b18-13+/t14-/m1/s1. The van der Waals surface area contributed by atoms with Crippen LogP contribution >= 0.6 is 15.9 Å². The fourth-order valence-electron chi connectivity index (χ4n) is 2.15. The molecule has 0 fully saturated rings. The number of hydrazone groups is 1. The number of aliphatic hydroxyl groups excluding tert-OH is 1. The highest BCUT2D eigenvalue weighted by molar-refractivity contribution is 9.10. The van der Waals surface area contributed by atoms with Gasteiger partial charge in [0.25, 0.3) is 0 Å². The first kappa shape index (κ1) is 13.0. The van der Waals surface area contributed by atoms with Crippen molar-refractivity contribution in [3.63, 3.8) is 0 Å². The average Bonchev–Trinajstić information content (AvgIpc) is 2.70. The zero-order valence-corrected chi connectivity index (χ0v) is 12.0. The second-order valence-corrected chi connectivity index (χ2v) is 5.35. The number of hydrogen-bond donors (Lipinski definition) is 2. The molecule has 4 nitrogen and oxygen atoms in total. The SMILES string of the molecule is O=C1/C(=N/Nc2cccc(Br)c2)[C@H](O)c2ccccc21. The third-order valence-corrected chi connectivity index (χ3v) is 3.61. The monoisotopic (exact) mass is 330 g/mol. The van der Waals surface area contributed by atoms with Crippen molar-refractivity contribution in [2.45, 2.75) is 6.10 Å². The lowest BCUT2D eigenvalue weighted by Gasteiger charge is -2.05. The third-order valence-electron chi connectivity index (χ3n) is 3.12. The maximum atomic E-state index is 12.2. The summed E-state index contributed by atoms with van der Waals surface area (Å²) in [7, 11) is 0. The van der Waals surface area contributed by atoms with Gasteiger partial charge >= 0.3 is 0 Å². The number of anilines is 1. The number of Topliss-reactive ketones (excluding diaryl/α,β-unsaturated/α-hetero) is 1. The zero-order chi connectivity index (χ0) is 14.1. The molecule has 1 aliphatic rings. The van der Waals surface area contributed by atoms with Crippen molar-refractivity contribution >= 4 is 33.1 Å². The van der Waals surface area contributed by atoms with Crippen molar-refractivity contribution < 1.29 is 9.90 Å². The number of carbonyl (C=O) groups excluding carboxylic acids is 1. The topological polar surface area (TPSA) is 61.7 Å². The predicted molar refractivity (Wildman–Crippen MR) is 80.9 cm³/mol. The number of carbonyl (C=O) groups is 1. The lowest BCUT2D eigenvalue weighted by molar-refractivity contribution is 0.106. The Kier molecular flexibility index (Phi) is 3.38. The van der Waals surface area contributed by atoms with Gasteiger partial charge in [0.15, 0.2) is 0 Å². The molecule has 3 rings (SSSR count). The van der Waals surface area contributed by atoms with E-state index in [0.29, 0.717) is 11.1 Å². The molecular formula is C15H11BrN2O2. The average molecular weight is 331 g/mol. The normalized spacial score (nSPS) is 19.2. The number of rotatable bonds is 2. The van der Waals surface area contributed by atoms with Crippen LogP contribution in [0.1, 0.15) is 22.0 Å². The van der Waals surface area contributed by atoms with E-state index in [4.69, 9.17) is 0 Å². The Morgan fingerprint density at radius 2 is 1.95 bits per heavy atom. The summed E-state index contributed by atoms with van der Waals surface area (Å²) in [5, 5.41) is 14.2. The minimum absolute atomic E-state index is 0.117. The van der Waals surface area contributed by atoms with E-state index < -0.39 is 6.10 Å². The molecule has 2 N–H and O–H groups in total. The smallest absolute Gasteiger partial charge is 0.212 e. The van der Waals surface area contributed by atoms with Crippen molar-refractivity contribution in [3.8, 4) is 0 Å². The Morgan fingerprint density at radius 3 is 2.70 bits per heavy atom. The van der Waals surface area contributed by atoms with Crippen LogP contribution in [0, 0.1) is 0 Å². The van der Waals surface area contributed by atoms with Gasteiger partial charge in [-0.3, -0.25) is 10.2 Å². The van der Waals surface area contributed by atoms with Gasteiger partial charge in [-0.25, -0.2) is 0 Å². The number of aliphatic hydroxyl groups is 1. The van der Waals surface area contributed by atoms with Crippen LogP contribution < -0.4 is 5.43 Å². The Morgan fingerprint density at radius 1 is 1.15 bits per heavy atom. The third kappa shape index (κ3) is 2.26. The Labute approximate surface area is 124 Å². The molecule has 2 aromatic rings. The van der Waals surface area contributed by atoms with E-state index >= 15 is 0 Å². The molecule has 1 atom stereocenters. The number of nitrogens with one attached hydrogen (secondary N) is 1. The van der Waals surface area contributed by atoms with Crippen molar-refractivity contribution in [1.82, 2.24) is 0 Å². The molecule has 0 radical (unpaired) electrons. The van der Waals surface area contributed by atoms with Crippen LogP contribution in [0.15, 0.2) is 58.1 Å². The van der Waals surface area contributed by atoms with Gasteiger partial charge in [0.1, 0.15) is 11.8 Å². The minimum atomic E-state index is -0.974. The summed E-state index contributed by atoms with van der Waals surface area (Å²) in [6, 6.07) is 14.4. The lowest BCUT2D eigenvalue weighted by atomic mass is 10.1. The second kappa shape index (κ2) is 5.19. The molecule has 0 saturated heterocycles. The lowest BCUT2D eigenvalue weighted by Crippen LogP contribution is -2.14. The summed E-state index contributed by atoms with van der Waals surface area (Å²) in [5.41, 5.74) is 4.77. The van der Waals surface area contributed by atoms with Crippen LogP contribution in [0.3, 0.4) is 0 Å².